The summed E-state index contributed by atoms with van der Waals surface area (Å²) < 4.78 is 13.5. The summed E-state index contributed by atoms with van der Waals surface area (Å²) in [5.74, 6) is -1.75. The second kappa shape index (κ2) is 5.66. The Morgan fingerprint density at radius 3 is 2.50 bits per heavy atom. The van der Waals surface area contributed by atoms with Crippen molar-refractivity contribution in [1.82, 2.24) is 5.32 Å². The third-order valence-electron chi connectivity index (χ3n) is 3.40. The van der Waals surface area contributed by atoms with Gasteiger partial charge in [0.15, 0.2) is 0 Å². The first-order chi connectivity index (χ1) is 9.43. The fourth-order valence-corrected chi connectivity index (χ4v) is 2.49. The van der Waals surface area contributed by atoms with Gasteiger partial charge in [-0.3, -0.25) is 0 Å². The summed E-state index contributed by atoms with van der Waals surface area (Å²) in [6.07, 6.45) is 2.22. The molecule has 1 fully saturated rings. The molecule has 5 nitrogen and oxygen atoms in total. The average molecular weight is 301 g/mol. The Balaban J connectivity index is 2.07. The Morgan fingerprint density at radius 2 is 1.95 bits per heavy atom. The molecule has 2 amide bonds. The minimum atomic E-state index is -1.26. The molecule has 3 N–H and O–H groups in total. The zero-order valence-electron chi connectivity index (χ0n) is 10.6. The van der Waals surface area contributed by atoms with Gasteiger partial charge >= 0.3 is 12.0 Å². The first-order valence-corrected chi connectivity index (χ1v) is 6.58. The number of nitrogens with one attached hydrogen (secondary N) is 2. The summed E-state index contributed by atoms with van der Waals surface area (Å²) in [4.78, 5) is 23.1. The number of anilines is 1. The van der Waals surface area contributed by atoms with E-state index in [1.165, 1.54) is 12.1 Å². The molecule has 108 valence electrons. The second-order valence-corrected chi connectivity index (χ2v) is 5.23. The average Bonchev–Trinajstić information content (AvgIpc) is 2.82. The van der Waals surface area contributed by atoms with Gasteiger partial charge in [-0.25, -0.2) is 14.0 Å². The maximum absolute atomic E-state index is 13.5. The molecule has 7 heteroatoms. The van der Waals surface area contributed by atoms with Crippen molar-refractivity contribution >= 4 is 29.3 Å². The lowest BCUT2D eigenvalue weighted by Crippen LogP contribution is -2.53. The highest BCUT2D eigenvalue weighted by Gasteiger charge is 2.42. The number of carboxylic acids is 1. The van der Waals surface area contributed by atoms with E-state index in [4.69, 9.17) is 11.6 Å². The number of carbonyl (C=O) groups is 2. The summed E-state index contributed by atoms with van der Waals surface area (Å²) in [6.45, 7) is 0. The Hall–Kier alpha value is -1.82. The summed E-state index contributed by atoms with van der Waals surface area (Å²) in [5.41, 5.74) is -1.31. The largest absolute Gasteiger partial charge is 0.480 e. The van der Waals surface area contributed by atoms with E-state index in [2.05, 4.69) is 10.6 Å². The molecule has 0 aromatic heterocycles. The monoisotopic (exact) mass is 300 g/mol. The molecular formula is C13H14ClFN2O3. The molecule has 1 aromatic rings. The first-order valence-electron chi connectivity index (χ1n) is 6.20. The highest BCUT2D eigenvalue weighted by molar-refractivity contribution is 6.30. The number of rotatable bonds is 3. The van der Waals surface area contributed by atoms with Crippen molar-refractivity contribution in [3.63, 3.8) is 0 Å². The van der Waals surface area contributed by atoms with Crippen molar-refractivity contribution in [2.45, 2.75) is 31.2 Å². The van der Waals surface area contributed by atoms with E-state index in [0.717, 1.165) is 18.9 Å². The van der Waals surface area contributed by atoms with Crippen LogP contribution in [0.3, 0.4) is 0 Å². The predicted molar refractivity (Wildman–Crippen MR) is 72.4 cm³/mol. The van der Waals surface area contributed by atoms with Gasteiger partial charge in [-0.2, -0.15) is 0 Å². The molecule has 0 aliphatic heterocycles. The van der Waals surface area contributed by atoms with Crippen molar-refractivity contribution in [3.05, 3.63) is 29.0 Å². The number of aliphatic carboxylic acids is 1. The molecule has 0 bridgehead atoms. The highest BCUT2D eigenvalue weighted by Crippen LogP contribution is 2.30. The fourth-order valence-electron chi connectivity index (χ4n) is 2.33. The maximum Gasteiger partial charge on any atom is 0.329 e. The molecule has 2 rings (SSSR count). The summed E-state index contributed by atoms with van der Waals surface area (Å²) in [7, 11) is 0. The van der Waals surface area contributed by atoms with Crippen molar-refractivity contribution < 1.29 is 19.1 Å². The minimum Gasteiger partial charge on any atom is -0.480 e. The zero-order valence-corrected chi connectivity index (χ0v) is 11.3. The lowest BCUT2D eigenvalue weighted by Gasteiger charge is -2.25. The second-order valence-electron chi connectivity index (χ2n) is 4.80. The van der Waals surface area contributed by atoms with Gasteiger partial charge in [-0.15, -0.1) is 0 Å². The van der Waals surface area contributed by atoms with E-state index in [-0.39, 0.29) is 10.7 Å². The number of hydrogen-bond donors (Lipinski definition) is 3. The Morgan fingerprint density at radius 1 is 1.30 bits per heavy atom. The van der Waals surface area contributed by atoms with Crippen LogP contribution in [0.25, 0.3) is 0 Å². The van der Waals surface area contributed by atoms with Crippen molar-refractivity contribution in [1.29, 1.82) is 0 Å². The van der Waals surface area contributed by atoms with Crippen molar-refractivity contribution in [2.75, 3.05) is 5.32 Å². The number of amides is 2. The summed E-state index contributed by atoms with van der Waals surface area (Å²) in [6, 6.07) is 3.08. The molecule has 0 saturated heterocycles. The topological polar surface area (TPSA) is 78.4 Å². The van der Waals surface area contributed by atoms with Crippen LogP contribution < -0.4 is 10.6 Å². The van der Waals surface area contributed by atoms with Crippen LogP contribution in [0.2, 0.25) is 5.02 Å². The van der Waals surface area contributed by atoms with Gasteiger partial charge in [0.25, 0.3) is 0 Å². The molecule has 0 unspecified atom stereocenters. The molecule has 1 aliphatic carbocycles. The first kappa shape index (κ1) is 14.6. The molecule has 0 spiro atoms. The molecule has 1 saturated carbocycles. The third kappa shape index (κ3) is 3.01. The van der Waals surface area contributed by atoms with E-state index < -0.39 is 23.4 Å². The number of carbonyl (C=O) groups excluding carboxylic acids is 1. The number of halogens is 2. The van der Waals surface area contributed by atoms with E-state index in [1.807, 2.05) is 0 Å². The van der Waals surface area contributed by atoms with Crippen LogP contribution in [0.15, 0.2) is 18.2 Å². The number of benzene rings is 1. The molecular weight excluding hydrogens is 287 g/mol. The molecule has 1 aromatic carbocycles. The quantitative estimate of drug-likeness (QED) is 0.803. The normalized spacial score (nSPS) is 16.7. The van der Waals surface area contributed by atoms with Crippen LogP contribution in [0.1, 0.15) is 25.7 Å². The van der Waals surface area contributed by atoms with Gasteiger partial charge < -0.3 is 15.7 Å². The summed E-state index contributed by atoms with van der Waals surface area (Å²) >= 11 is 5.61. The fraction of sp³-hybridized carbons (Fsp3) is 0.385. The van der Waals surface area contributed by atoms with Crippen LogP contribution in [0.5, 0.6) is 0 Å². The van der Waals surface area contributed by atoms with Gasteiger partial charge in [0.1, 0.15) is 11.4 Å². The Bertz CT molecular complexity index is 544. The highest BCUT2D eigenvalue weighted by atomic mass is 35.5. The van der Waals surface area contributed by atoms with Gasteiger partial charge in [0.05, 0.1) is 5.69 Å². The Labute approximate surface area is 120 Å². The lowest BCUT2D eigenvalue weighted by atomic mass is 9.98. The Kier molecular flexibility index (Phi) is 4.13. The lowest BCUT2D eigenvalue weighted by molar-refractivity contribution is -0.144. The van der Waals surface area contributed by atoms with Gasteiger partial charge in [-0.05, 0) is 31.0 Å². The zero-order chi connectivity index (χ0) is 14.8. The van der Waals surface area contributed by atoms with Gasteiger partial charge in [0, 0.05) is 5.02 Å². The molecule has 0 radical (unpaired) electrons. The SMILES string of the molecule is O=C(Nc1ccc(Cl)cc1F)NC1(C(=O)O)CCCC1. The van der Waals surface area contributed by atoms with Crippen LogP contribution in [0, 0.1) is 5.82 Å². The van der Waals surface area contributed by atoms with E-state index >= 15 is 0 Å². The van der Waals surface area contributed by atoms with Crippen LogP contribution >= 0.6 is 11.6 Å². The number of hydrogen-bond acceptors (Lipinski definition) is 2. The van der Waals surface area contributed by atoms with Crippen LogP contribution in [0.4, 0.5) is 14.9 Å². The van der Waals surface area contributed by atoms with E-state index in [9.17, 15) is 19.1 Å². The van der Waals surface area contributed by atoms with Crippen LogP contribution in [-0.2, 0) is 4.79 Å². The maximum atomic E-state index is 13.5. The van der Waals surface area contributed by atoms with E-state index in [0.29, 0.717) is 12.8 Å². The third-order valence-corrected chi connectivity index (χ3v) is 3.63. The molecule has 0 heterocycles. The smallest absolute Gasteiger partial charge is 0.329 e. The molecule has 20 heavy (non-hydrogen) atoms. The summed E-state index contributed by atoms with van der Waals surface area (Å²) in [5, 5.41) is 14.2. The standard InChI is InChI=1S/C13H14ClFN2O3/c14-8-3-4-10(9(15)7-8)16-12(20)17-13(11(18)19)5-1-2-6-13/h3-4,7H,1-2,5-6H2,(H,18,19)(H2,16,17,20). The predicted octanol–water partition coefficient (Wildman–Crippen LogP) is 3.00. The van der Waals surface area contributed by atoms with Crippen molar-refractivity contribution in [3.8, 4) is 0 Å². The number of urea groups is 1. The van der Waals surface area contributed by atoms with Crippen molar-refractivity contribution in [2.24, 2.45) is 0 Å². The van der Waals surface area contributed by atoms with Gasteiger partial charge in [-0.1, -0.05) is 24.4 Å². The van der Waals surface area contributed by atoms with Gasteiger partial charge in [0.2, 0.25) is 0 Å². The van der Waals surface area contributed by atoms with Crippen LogP contribution in [-0.4, -0.2) is 22.6 Å². The molecule has 1 aliphatic rings. The number of carboxylic acid groups (broad SMARTS) is 1. The molecule has 0 atom stereocenters. The minimum absolute atomic E-state index is 0.0505. The van der Waals surface area contributed by atoms with E-state index in [1.54, 1.807) is 0 Å².